The highest BCUT2D eigenvalue weighted by molar-refractivity contribution is 7.07. The fraction of sp³-hybridized carbons (Fsp3) is 0.769. The SMILES string of the molecule is CCN(C(=O)c1snnc1C)C1CCCCC1CN. The van der Waals surface area contributed by atoms with E-state index in [1.807, 2.05) is 18.7 Å². The monoisotopic (exact) mass is 282 g/mol. The zero-order chi connectivity index (χ0) is 13.8. The van der Waals surface area contributed by atoms with E-state index in [0.717, 1.165) is 25.1 Å². The molecule has 6 heteroatoms. The Bertz CT molecular complexity index is 434. The third-order valence-corrected chi connectivity index (χ3v) is 4.84. The summed E-state index contributed by atoms with van der Waals surface area (Å²) in [5.41, 5.74) is 6.60. The maximum absolute atomic E-state index is 12.6. The number of rotatable bonds is 4. The molecule has 5 nitrogen and oxygen atoms in total. The van der Waals surface area contributed by atoms with Crippen molar-refractivity contribution in [2.45, 2.75) is 45.6 Å². The van der Waals surface area contributed by atoms with Crippen LogP contribution < -0.4 is 5.73 Å². The van der Waals surface area contributed by atoms with Crippen LogP contribution in [0.25, 0.3) is 0 Å². The lowest BCUT2D eigenvalue weighted by Crippen LogP contribution is -2.47. The molecule has 1 amide bonds. The van der Waals surface area contributed by atoms with E-state index in [9.17, 15) is 4.79 Å². The van der Waals surface area contributed by atoms with Gasteiger partial charge in [-0.3, -0.25) is 4.79 Å². The predicted octanol–water partition coefficient (Wildman–Crippen LogP) is 1.83. The molecule has 2 N–H and O–H groups in total. The summed E-state index contributed by atoms with van der Waals surface area (Å²) in [6.07, 6.45) is 4.60. The van der Waals surface area contributed by atoms with E-state index in [-0.39, 0.29) is 11.9 Å². The van der Waals surface area contributed by atoms with Crippen LogP contribution >= 0.6 is 11.5 Å². The first-order valence-electron chi connectivity index (χ1n) is 6.99. The molecule has 106 valence electrons. The molecule has 0 bridgehead atoms. The van der Waals surface area contributed by atoms with Crippen molar-refractivity contribution >= 4 is 17.4 Å². The maximum atomic E-state index is 12.6. The molecule has 2 rings (SSSR count). The molecular weight excluding hydrogens is 260 g/mol. The second-order valence-corrected chi connectivity index (χ2v) is 5.88. The smallest absolute Gasteiger partial charge is 0.267 e. The Morgan fingerprint density at radius 2 is 2.21 bits per heavy atom. The van der Waals surface area contributed by atoms with Gasteiger partial charge < -0.3 is 10.6 Å². The molecule has 1 fully saturated rings. The second-order valence-electron chi connectivity index (χ2n) is 5.13. The van der Waals surface area contributed by atoms with E-state index in [1.165, 1.54) is 24.4 Å². The van der Waals surface area contributed by atoms with Gasteiger partial charge in [-0.15, -0.1) is 5.10 Å². The van der Waals surface area contributed by atoms with Crippen molar-refractivity contribution in [2.75, 3.05) is 13.1 Å². The lowest BCUT2D eigenvalue weighted by atomic mass is 9.83. The topological polar surface area (TPSA) is 72.1 Å². The van der Waals surface area contributed by atoms with Crippen molar-refractivity contribution in [3.8, 4) is 0 Å². The summed E-state index contributed by atoms with van der Waals surface area (Å²) in [6, 6.07) is 0.276. The van der Waals surface area contributed by atoms with Crippen LogP contribution in [0.5, 0.6) is 0 Å². The molecule has 0 spiro atoms. The Morgan fingerprint density at radius 1 is 1.47 bits per heavy atom. The van der Waals surface area contributed by atoms with Gasteiger partial charge in [-0.1, -0.05) is 17.3 Å². The highest BCUT2D eigenvalue weighted by Crippen LogP contribution is 2.29. The van der Waals surface area contributed by atoms with Gasteiger partial charge in [0.25, 0.3) is 5.91 Å². The van der Waals surface area contributed by atoms with Gasteiger partial charge in [0.05, 0.1) is 5.69 Å². The van der Waals surface area contributed by atoms with Gasteiger partial charge in [0.1, 0.15) is 4.88 Å². The maximum Gasteiger partial charge on any atom is 0.267 e. The van der Waals surface area contributed by atoms with Crippen LogP contribution in [-0.2, 0) is 0 Å². The third-order valence-electron chi connectivity index (χ3n) is 4.02. The standard InChI is InChI=1S/C13H22N4OS/c1-3-17(11-7-5-4-6-10(11)8-14)13(18)12-9(2)15-16-19-12/h10-11H,3-8,14H2,1-2H3. The highest BCUT2D eigenvalue weighted by Gasteiger charge is 2.32. The van der Waals surface area contributed by atoms with E-state index in [4.69, 9.17) is 5.73 Å². The number of aryl methyl sites for hydroxylation is 1. The number of hydrogen-bond acceptors (Lipinski definition) is 5. The van der Waals surface area contributed by atoms with Gasteiger partial charge in [-0.2, -0.15) is 0 Å². The Kier molecular flexibility index (Phi) is 4.87. The molecule has 0 radical (unpaired) electrons. The summed E-state index contributed by atoms with van der Waals surface area (Å²) < 4.78 is 3.86. The normalized spacial score (nSPS) is 23.3. The van der Waals surface area contributed by atoms with E-state index < -0.39 is 0 Å². The average molecular weight is 282 g/mol. The van der Waals surface area contributed by atoms with Crippen LogP contribution in [-0.4, -0.2) is 39.5 Å². The number of carbonyl (C=O) groups excluding carboxylic acids is 1. The van der Waals surface area contributed by atoms with Crippen LogP contribution in [0, 0.1) is 12.8 Å². The minimum atomic E-state index is 0.0698. The van der Waals surface area contributed by atoms with Crippen molar-refractivity contribution in [1.82, 2.24) is 14.5 Å². The van der Waals surface area contributed by atoms with Crippen molar-refractivity contribution in [3.05, 3.63) is 10.6 Å². The number of nitrogens with zero attached hydrogens (tertiary/aromatic N) is 3. The zero-order valence-corrected chi connectivity index (χ0v) is 12.4. The van der Waals surface area contributed by atoms with E-state index in [1.54, 1.807) is 0 Å². The summed E-state index contributed by atoms with van der Waals surface area (Å²) in [7, 11) is 0. The predicted molar refractivity (Wildman–Crippen MR) is 76.2 cm³/mol. The summed E-state index contributed by atoms with van der Waals surface area (Å²) in [5.74, 6) is 0.499. The quantitative estimate of drug-likeness (QED) is 0.914. The fourth-order valence-corrected chi connectivity index (χ4v) is 3.57. The van der Waals surface area contributed by atoms with E-state index in [2.05, 4.69) is 9.59 Å². The summed E-state index contributed by atoms with van der Waals surface area (Å²) in [5, 5.41) is 3.94. The summed E-state index contributed by atoms with van der Waals surface area (Å²) >= 11 is 1.19. The fourth-order valence-electron chi connectivity index (χ4n) is 2.96. The van der Waals surface area contributed by atoms with Crippen molar-refractivity contribution < 1.29 is 4.79 Å². The lowest BCUT2D eigenvalue weighted by molar-refractivity contribution is 0.0564. The van der Waals surface area contributed by atoms with Crippen molar-refractivity contribution in [3.63, 3.8) is 0 Å². The summed E-state index contributed by atoms with van der Waals surface area (Å²) in [6.45, 7) is 5.25. The largest absolute Gasteiger partial charge is 0.335 e. The molecule has 0 aliphatic heterocycles. The molecule has 19 heavy (non-hydrogen) atoms. The minimum Gasteiger partial charge on any atom is -0.335 e. The Balaban J connectivity index is 2.19. The number of amides is 1. The highest BCUT2D eigenvalue weighted by atomic mass is 32.1. The Labute approximate surface area is 118 Å². The molecular formula is C13H22N4OS. The molecule has 2 atom stereocenters. The molecule has 1 saturated carbocycles. The van der Waals surface area contributed by atoms with Crippen LogP contribution in [0.3, 0.4) is 0 Å². The van der Waals surface area contributed by atoms with Gasteiger partial charge in [0, 0.05) is 12.6 Å². The van der Waals surface area contributed by atoms with E-state index >= 15 is 0 Å². The van der Waals surface area contributed by atoms with Crippen LogP contribution in [0.15, 0.2) is 0 Å². The number of hydrogen-bond donors (Lipinski definition) is 1. The first-order valence-corrected chi connectivity index (χ1v) is 7.76. The van der Waals surface area contributed by atoms with Crippen LogP contribution in [0.1, 0.15) is 48.0 Å². The van der Waals surface area contributed by atoms with Gasteiger partial charge >= 0.3 is 0 Å². The first kappa shape index (κ1) is 14.4. The number of carbonyl (C=O) groups is 1. The molecule has 0 aromatic carbocycles. The Hall–Kier alpha value is -1.01. The molecule has 1 aliphatic rings. The molecule has 2 unspecified atom stereocenters. The Morgan fingerprint density at radius 3 is 2.79 bits per heavy atom. The first-order chi connectivity index (χ1) is 9.19. The lowest BCUT2D eigenvalue weighted by Gasteiger charge is -2.39. The number of nitrogens with two attached hydrogens (primary N) is 1. The van der Waals surface area contributed by atoms with Crippen molar-refractivity contribution in [2.24, 2.45) is 11.7 Å². The molecule has 1 heterocycles. The molecule has 0 saturated heterocycles. The van der Waals surface area contributed by atoms with Gasteiger partial charge in [0.2, 0.25) is 0 Å². The molecule has 1 aliphatic carbocycles. The summed E-state index contributed by atoms with van der Waals surface area (Å²) in [4.78, 5) is 15.3. The second kappa shape index (κ2) is 6.43. The number of aromatic nitrogens is 2. The van der Waals surface area contributed by atoms with E-state index in [0.29, 0.717) is 17.3 Å². The van der Waals surface area contributed by atoms with Gasteiger partial charge in [-0.25, -0.2) is 0 Å². The zero-order valence-electron chi connectivity index (χ0n) is 11.6. The average Bonchev–Trinajstić information content (AvgIpc) is 2.86. The third kappa shape index (κ3) is 2.95. The van der Waals surface area contributed by atoms with Gasteiger partial charge in [-0.05, 0) is 50.7 Å². The van der Waals surface area contributed by atoms with Gasteiger partial charge in [0.15, 0.2) is 0 Å². The molecule has 1 aromatic heterocycles. The molecule has 1 aromatic rings. The van der Waals surface area contributed by atoms with Crippen LogP contribution in [0.2, 0.25) is 0 Å². The van der Waals surface area contributed by atoms with Crippen molar-refractivity contribution in [1.29, 1.82) is 0 Å². The van der Waals surface area contributed by atoms with Crippen LogP contribution in [0.4, 0.5) is 0 Å². The minimum absolute atomic E-state index is 0.0698.